The Morgan fingerprint density at radius 3 is 2.63 bits per heavy atom. The minimum Gasteiger partial charge on any atom is -0.459 e. The number of thioether (sulfide) groups is 1. The average molecular weight is 536 g/mol. The number of amides is 2. The highest BCUT2D eigenvalue weighted by Crippen LogP contribution is 2.34. The van der Waals surface area contributed by atoms with Crippen molar-refractivity contribution < 1.29 is 19.1 Å². The van der Waals surface area contributed by atoms with E-state index in [1.165, 1.54) is 16.6 Å². The summed E-state index contributed by atoms with van der Waals surface area (Å²) in [6.45, 7) is 9.87. The van der Waals surface area contributed by atoms with Crippen molar-refractivity contribution in [2.24, 2.45) is 5.73 Å². The molecule has 0 unspecified atom stereocenters. The molecular weight excluding hydrogens is 506 g/mol. The Bertz CT molecular complexity index is 1230. The van der Waals surface area contributed by atoms with E-state index in [0.717, 1.165) is 35.6 Å². The number of hydrogen-bond donors (Lipinski definition) is 2. The summed E-state index contributed by atoms with van der Waals surface area (Å²) in [5.41, 5.74) is 7.01. The van der Waals surface area contributed by atoms with Gasteiger partial charge in [-0.3, -0.25) is 9.59 Å². The second-order valence-corrected chi connectivity index (χ2v) is 11.0. The zero-order valence-corrected chi connectivity index (χ0v) is 22.8. The molecule has 0 saturated heterocycles. The van der Waals surface area contributed by atoms with E-state index in [4.69, 9.17) is 10.5 Å². The maximum Gasteiger partial charge on any atom is 0.341 e. The van der Waals surface area contributed by atoms with Gasteiger partial charge >= 0.3 is 5.97 Å². The molecule has 0 fully saturated rings. The number of nitrogens with two attached hydrogens (primary N) is 1. The zero-order valence-electron chi connectivity index (χ0n) is 20.3. The number of nitrogens with zero attached hydrogens (tertiary/aromatic N) is 3. The first-order valence-electron chi connectivity index (χ1n) is 11.2. The second kappa shape index (κ2) is 11.8. The molecule has 188 valence electrons. The van der Waals surface area contributed by atoms with Crippen molar-refractivity contribution in [1.29, 1.82) is 0 Å². The lowest BCUT2D eigenvalue weighted by Crippen LogP contribution is -2.18. The third kappa shape index (κ3) is 6.30. The lowest BCUT2D eigenvalue weighted by atomic mass is 10.1. The molecule has 0 aromatic carbocycles. The topological polar surface area (TPSA) is 129 Å². The maximum atomic E-state index is 12.8. The fraction of sp³-hybridized carbons (Fsp3) is 0.435. The van der Waals surface area contributed by atoms with Crippen LogP contribution < -0.4 is 11.1 Å². The van der Waals surface area contributed by atoms with E-state index in [0.29, 0.717) is 17.3 Å². The number of anilines is 1. The van der Waals surface area contributed by atoms with Crippen molar-refractivity contribution in [3.63, 3.8) is 0 Å². The van der Waals surface area contributed by atoms with Gasteiger partial charge in [0.1, 0.15) is 5.00 Å². The number of nitrogens with one attached hydrogen (secondary N) is 1. The molecule has 0 atom stereocenters. The summed E-state index contributed by atoms with van der Waals surface area (Å²) in [6.07, 6.45) is 1.76. The van der Waals surface area contributed by atoms with Crippen molar-refractivity contribution in [2.45, 2.75) is 65.3 Å². The Hall–Kier alpha value is -2.70. The molecule has 9 nitrogen and oxygen atoms in total. The molecule has 12 heteroatoms. The predicted molar refractivity (Wildman–Crippen MR) is 140 cm³/mol. The van der Waals surface area contributed by atoms with E-state index in [9.17, 15) is 14.4 Å². The van der Waals surface area contributed by atoms with E-state index in [-0.39, 0.29) is 33.2 Å². The minimum absolute atomic E-state index is 0.0460. The van der Waals surface area contributed by atoms with Gasteiger partial charge in [0.15, 0.2) is 11.0 Å². The van der Waals surface area contributed by atoms with Gasteiger partial charge in [-0.2, -0.15) is 0 Å². The molecule has 3 aromatic rings. The molecule has 2 amide bonds. The van der Waals surface area contributed by atoms with Crippen LogP contribution in [0.1, 0.15) is 64.6 Å². The minimum atomic E-state index is -0.667. The van der Waals surface area contributed by atoms with Gasteiger partial charge in [-0.05, 0) is 45.7 Å². The van der Waals surface area contributed by atoms with Gasteiger partial charge in [-0.25, -0.2) is 4.79 Å². The molecule has 0 radical (unpaired) electrons. The number of hydrogen-bond acceptors (Lipinski definition) is 9. The summed E-state index contributed by atoms with van der Waals surface area (Å²) < 4.78 is 7.27. The smallest absolute Gasteiger partial charge is 0.341 e. The normalized spacial score (nSPS) is 11.1. The monoisotopic (exact) mass is 535 g/mol. The number of aryl methyl sites for hydroxylation is 1. The van der Waals surface area contributed by atoms with Crippen LogP contribution in [-0.2, 0) is 22.5 Å². The van der Waals surface area contributed by atoms with Crippen LogP contribution in [0.3, 0.4) is 0 Å². The van der Waals surface area contributed by atoms with Gasteiger partial charge in [-0.15, -0.1) is 32.9 Å². The van der Waals surface area contributed by atoms with Crippen molar-refractivity contribution in [1.82, 2.24) is 14.8 Å². The standard InChI is InChI=1S/C23H29N5O4S3/c1-6-8-15-9-14(10-33-15)20-26-27-23(28(20)7-2)34-11-16(29)25-21-17(22(31)32-12(3)4)13(5)18(35-21)19(24)30/h9-10,12H,6-8,11H2,1-5H3,(H2,24,30)(H,25,29). The van der Waals surface area contributed by atoms with Gasteiger partial charge in [0.25, 0.3) is 5.91 Å². The fourth-order valence-corrected chi connectivity index (χ4v) is 6.25. The van der Waals surface area contributed by atoms with Crippen molar-refractivity contribution in [3.8, 4) is 11.4 Å². The second-order valence-electron chi connectivity index (χ2n) is 8.02. The van der Waals surface area contributed by atoms with Gasteiger partial charge in [0, 0.05) is 22.4 Å². The SMILES string of the molecule is CCCc1cc(-c2nnc(SCC(=O)Nc3sc(C(N)=O)c(C)c3C(=O)OC(C)C)n2CC)cs1. The molecule has 3 rings (SSSR count). The number of carbonyl (C=O) groups is 3. The molecule has 0 aliphatic carbocycles. The van der Waals surface area contributed by atoms with Crippen LogP contribution in [0.2, 0.25) is 0 Å². The molecular formula is C23H29N5O4S3. The zero-order chi connectivity index (χ0) is 25.7. The third-order valence-corrected chi connectivity index (χ3v) is 8.13. The molecule has 3 heterocycles. The van der Waals surface area contributed by atoms with Crippen LogP contribution >= 0.6 is 34.4 Å². The lowest BCUT2D eigenvalue weighted by molar-refractivity contribution is -0.113. The highest BCUT2D eigenvalue weighted by molar-refractivity contribution is 7.99. The van der Waals surface area contributed by atoms with Crippen LogP contribution in [-0.4, -0.2) is 44.4 Å². The summed E-state index contributed by atoms with van der Waals surface area (Å²) in [7, 11) is 0. The van der Waals surface area contributed by atoms with Crippen LogP contribution in [0, 0.1) is 6.92 Å². The number of rotatable bonds is 11. The van der Waals surface area contributed by atoms with E-state index < -0.39 is 11.9 Å². The Balaban J connectivity index is 1.75. The molecule has 0 aliphatic rings. The van der Waals surface area contributed by atoms with Crippen LogP contribution in [0.15, 0.2) is 16.6 Å². The lowest BCUT2D eigenvalue weighted by Gasteiger charge is -2.10. The van der Waals surface area contributed by atoms with Crippen LogP contribution in [0.25, 0.3) is 11.4 Å². The first kappa shape index (κ1) is 26.9. The first-order valence-corrected chi connectivity index (χ1v) is 13.9. The molecule has 3 N–H and O–H groups in total. The molecule has 0 saturated carbocycles. The molecule has 35 heavy (non-hydrogen) atoms. The largest absolute Gasteiger partial charge is 0.459 e. The van der Waals surface area contributed by atoms with Gasteiger partial charge in [0.2, 0.25) is 5.91 Å². The Kier molecular flexibility index (Phi) is 9.09. The third-order valence-electron chi connectivity index (χ3n) is 4.94. The van der Waals surface area contributed by atoms with Crippen LogP contribution in [0.5, 0.6) is 0 Å². The summed E-state index contributed by atoms with van der Waals surface area (Å²) in [4.78, 5) is 38.7. The van der Waals surface area contributed by atoms with Gasteiger partial charge < -0.3 is 20.4 Å². The van der Waals surface area contributed by atoms with E-state index >= 15 is 0 Å². The van der Waals surface area contributed by atoms with Gasteiger partial charge in [0.05, 0.1) is 22.3 Å². The number of ether oxygens (including phenoxy) is 1. The maximum absolute atomic E-state index is 12.8. The molecule has 0 bridgehead atoms. The molecule has 0 spiro atoms. The Labute approximate surface area is 216 Å². The number of thiophene rings is 2. The predicted octanol–water partition coefficient (Wildman–Crippen LogP) is 4.74. The van der Waals surface area contributed by atoms with Crippen LogP contribution in [0.4, 0.5) is 5.00 Å². The number of primary amides is 1. The van der Waals surface area contributed by atoms with E-state index in [2.05, 4.69) is 33.9 Å². The summed E-state index contributed by atoms with van der Waals surface area (Å²) in [6, 6.07) is 2.14. The number of aromatic nitrogens is 3. The quantitative estimate of drug-likeness (QED) is 0.268. The van der Waals surface area contributed by atoms with E-state index in [1.54, 1.807) is 32.1 Å². The Morgan fingerprint density at radius 2 is 2.00 bits per heavy atom. The van der Waals surface area contributed by atoms with E-state index in [1.807, 2.05) is 11.5 Å². The highest BCUT2D eigenvalue weighted by Gasteiger charge is 2.26. The Morgan fingerprint density at radius 1 is 1.26 bits per heavy atom. The number of esters is 1. The van der Waals surface area contributed by atoms with Gasteiger partial charge in [-0.1, -0.05) is 25.1 Å². The summed E-state index contributed by atoms with van der Waals surface area (Å²) in [5.74, 6) is -0.811. The summed E-state index contributed by atoms with van der Waals surface area (Å²) >= 11 is 3.93. The van der Waals surface area contributed by atoms with Crippen molar-refractivity contribution >= 4 is 57.2 Å². The highest BCUT2D eigenvalue weighted by atomic mass is 32.2. The van der Waals surface area contributed by atoms with Crippen molar-refractivity contribution in [3.05, 3.63) is 32.3 Å². The summed E-state index contributed by atoms with van der Waals surface area (Å²) in [5, 5.41) is 14.3. The molecule has 0 aliphatic heterocycles. The average Bonchev–Trinajstić information content (AvgIpc) is 3.48. The molecule has 3 aromatic heterocycles. The fourth-order valence-electron chi connectivity index (χ4n) is 3.42. The van der Waals surface area contributed by atoms with Crippen molar-refractivity contribution in [2.75, 3.05) is 11.1 Å². The first-order chi connectivity index (χ1) is 16.7. The number of carbonyl (C=O) groups excluding carboxylic acids is 3.